The zero-order chi connectivity index (χ0) is 53.8. The average Bonchev–Trinajstić information content (AvgIpc) is 4.20. The van der Waals surface area contributed by atoms with Gasteiger partial charge in [-0.05, 0) is 135 Å². The normalized spacial score (nSPS) is 20.6. The Balaban J connectivity index is 0.000000197. The minimum Gasteiger partial charge on any atom is -0.475 e. The van der Waals surface area contributed by atoms with Crippen LogP contribution in [0.4, 0.5) is 35.9 Å². The van der Waals surface area contributed by atoms with Crippen molar-refractivity contribution >= 4 is 30.4 Å². The number of alkyl halides is 6. The molecule has 0 radical (unpaired) electrons. The summed E-state index contributed by atoms with van der Waals surface area (Å²) in [5, 5.41) is 0. The first-order valence-corrected chi connectivity index (χ1v) is 25.1. The van der Waals surface area contributed by atoms with Gasteiger partial charge in [-0.25, -0.2) is 19.2 Å². The maximum absolute atomic E-state index is 13.5. The molecule has 20 heteroatoms. The number of nitrogens with zero attached hydrogens (tertiary/aromatic N) is 3. The van der Waals surface area contributed by atoms with E-state index in [2.05, 4.69) is 9.64 Å². The molecule has 2 spiro atoms. The van der Waals surface area contributed by atoms with Crippen LogP contribution in [-0.2, 0) is 47.4 Å². The summed E-state index contributed by atoms with van der Waals surface area (Å²) < 4.78 is 110. The number of methoxy groups -OCH3 is 2. The van der Waals surface area contributed by atoms with Crippen LogP contribution < -0.4 is 9.47 Å². The predicted molar refractivity (Wildman–Crippen MR) is 255 cm³/mol. The van der Waals surface area contributed by atoms with Crippen molar-refractivity contribution in [2.45, 2.75) is 178 Å². The Labute approximate surface area is 423 Å². The number of hydrogen-bond donors (Lipinski definition) is 0. The Kier molecular flexibility index (Phi) is 17.1. The van der Waals surface area contributed by atoms with Crippen molar-refractivity contribution in [3.8, 4) is 11.5 Å². The summed E-state index contributed by atoms with van der Waals surface area (Å²) in [5.74, 6) is -1.43. The highest BCUT2D eigenvalue weighted by atomic mass is 19.4. The maximum atomic E-state index is 13.5. The van der Waals surface area contributed by atoms with Crippen LogP contribution in [0.25, 0.3) is 0 Å². The Morgan fingerprint density at radius 1 is 0.562 bits per heavy atom. The van der Waals surface area contributed by atoms with Crippen LogP contribution in [0.5, 0.6) is 11.5 Å². The largest absolute Gasteiger partial charge is 0.475 e. The van der Waals surface area contributed by atoms with Gasteiger partial charge in [0.1, 0.15) is 22.7 Å². The van der Waals surface area contributed by atoms with E-state index in [4.69, 9.17) is 23.7 Å². The summed E-state index contributed by atoms with van der Waals surface area (Å²) in [7, 11) is 2.41. The van der Waals surface area contributed by atoms with Crippen molar-refractivity contribution in [3.05, 3.63) is 58.7 Å². The number of likely N-dealkylation sites (tertiary alicyclic amines) is 3. The second-order valence-corrected chi connectivity index (χ2v) is 22.3. The minimum atomic E-state index is -4.55. The van der Waals surface area contributed by atoms with Gasteiger partial charge in [-0.2, -0.15) is 26.3 Å². The van der Waals surface area contributed by atoms with Crippen LogP contribution in [0.3, 0.4) is 0 Å². The summed E-state index contributed by atoms with van der Waals surface area (Å²) in [6.45, 7) is 15.4. The van der Waals surface area contributed by atoms with Gasteiger partial charge in [0.15, 0.2) is 6.29 Å². The quantitative estimate of drug-likeness (QED) is 0.102. The molecule has 2 amide bonds. The number of carbonyl (C=O) groups is 5. The number of ether oxygens (including phenoxy) is 6. The van der Waals surface area contributed by atoms with E-state index in [1.807, 2.05) is 46.4 Å². The third-order valence-electron chi connectivity index (χ3n) is 14.6. The molecule has 3 saturated carbocycles. The molecule has 6 fully saturated rings. The van der Waals surface area contributed by atoms with Crippen LogP contribution in [0.2, 0.25) is 0 Å². The summed E-state index contributed by atoms with van der Waals surface area (Å²) in [5.41, 5.74) is -4.19. The van der Waals surface area contributed by atoms with Gasteiger partial charge < -0.3 is 38.2 Å². The minimum absolute atomic E-state index is 0.0480. The fourth-order valence-corrected chi connectivity index (χ4v) is 10.1. The number of halogens is 6. The highest BCUT2D eigenvalue weighted by Gasteiger charge is 2.56. The first kappa shape index (κ1) is 57.0. The topological polar surface area (TPSA) is 150 Å². The van der Waals surface area contributed by atoms with Gasteiger partial charge in [0.25, 0.3) is 0 Å². The first-order valence-electron chi connectivity index (χ1n) is 25.1. The SMILES string of the molecule is CC(C)(C)OC(=O)N1CCC2(CCCC2)CC1.COC(=O)C1(Oc2cc(C(F)(F)F)ccc2C=O)CC1.COC(=O)C1(Oc2cc(C(F)(F)F)ccc2CN2CCCC23CCN(C(=O)OC(C)(C)C)CC3)CC1. The number of piperidine rings is 2. The molecule has 3 aliphatic carbocycles. The molecule has 0 N–H and O–H groups in total. The van der Waals surface area contributed by atoms with E-state index in [1.54, 1.807) is 4.90 Å². The van der Waals surface area contributed by atoms with E-state index < -0.39 is 52.2 Å². The Morgan fingerprint density at radius 2 is 1.00 bits per heavy atom. The molecule has 0 atom stereocenters. The lowest BCUT2D eigenvalue weighted by Gasteiger charge is -2.45. The molecule has 3 aliphatic heterocycles. The molecule has 8 rings (SSSR count). The molecule has 0 bridgehead atoms. The van der Waals surface area contributed by atoms with E-state index >= 15 is 0 Å². The smallest absolute Gasteiger partial charge is 0.416 e. The third kappa shape index (κ3) is 14.5. The number of amides is 2. The highest BCUT2D eigenvalue weighted by molar-refractivity contribution is 5.85. The maximum Gasteiger partial charge on any atom is 0.416 e. The molecular weight excluding hydrogens is 969 g/mol. The number of carbonyl (C=O) groups excluding carboxylic acids is 5. The molecule has 73 heavy (non-hydrogen) atoms. The Bertz CT molecular complexity index is 2290. The third-order valence-corrected chi connectivity index (χ3v) is 14.6. The van der Waals surface area contributed by atoms with Gasteiger partial charge >= 0.3 is 36.5 Å². The van der Waals surface area contributed by atoms with Crippen LogP contribution in [0.15, 0.2) is 36.4 Å². The highest BCUT2D eigenvalue weighted by Crippen LogP contribution is 2.48. The number of rotatable bonds is 9. The van der Waals surface area contributed by atoms with Crippen molar-refractivity contribution in [1.82, 2.24) is 14.7 Å². The fraction of sp³-hybridized carbons (Fsp3) is 0.679. The second-order valence-electron chi connectivity index (χ2n) is 22.3. The molecular formula is C53H71F6N3O11. The van der Waals surface area contributed by atoms with Gasteiger partial charge in [-0.15, -0.1) is 0 Å². The van der Waals surface area contributed by atoms with E-state index in [-0.39, 0.29) is 40.4 Å². The molecule has 2 aromatic carbocycles. The van der Waals surface area contributed by atoms with E-state index in [9.17, 15) is 50.3 Å². The van der Waals surface area contributed by atoms with E-state index in [0.717, 1.165) is 69.6 Å². The van der Waals surface area contributed by atoms with Crippen molar-refractivity contribution in [2.24, 2.45) is 5.41 Å². The molecule has 0 aromatic heterocycles. The Hall–Kier alpha value is -5.27. The van der Waals surface area contributed by atoms with E-state index in [1.165, 1.54) is 58.8 Å². The van der Waals surface area contributed by atoms with Crippen LogP contribution >= 0.6 is 0 Å². The van der Waals surface area contributed by atoms with Crippen LogP contribution in [-0.4, -0.2) is 120 Å². The van der Waals surface area contributed by atoms with Gasteiger partial charge in [-0.1, -0.05) is 18.9 Å². The molecule has 14 nitrogen and oxygen atoms in total. The molecule has 0 unspecified atom stereocenters. The zero-order valence-corrected chi connectivity index (χ0v) is 43.3. The molecule has 6 aliphatic rings. The summed E-state index contributed by atoms with van der Waals surface area (Å²) in [4.78, 5) is 65.0. The lowest BCUT2D eigenvalue weighted by Crippen LogP contribution is -2.53. The van der Waals surface area contributed by atoms with Crippen molar-refractivity contribution in [1.29, 1.82) is 0 Å². The second kappa shape index (κ2) is 21.9. The van der Waals surface area contributed by atoms with Crippen molar-refractivity contribution in [3.63, 3.8) is 0 Å². The first-order chi connectivity index (χ1) is 34.0. The van der Waals surface area contributed by atoms with Gasteiger partial charge in [0.05, 0.1) is 30.9 Å². The molecule has 406 valence electrons. The number of hydrogen-bond acceptors (Lipinski definition) is 12. The van der Waals surface area contributed by atoms with Crippen molar-refractivity contribution < 1.29 is 78.7 Å². The van der Waals surface area contributed by atoms with Gasteiger partial charge in [0.2, 0.25) is 11.2 Å². The fourth-order valence-electron chi connectivity index (χ4n) is 10.1. The standard InChI is InChI=1S/C26H35F3N2O5.C14H25NO2.C13H11F3O4/c1-23(2,3)36-22(33)30-14-11-24(12-15-30)8-5-13-31(24)17-18-6-7-19(26(27,28)29)16-20(18)35-25(9-10-25)21(32)34-4;1-13(2,3)17-12(16)15-10-8-14(9-11-15)6-4-5-7-14;1-19-11(18)12(4-5-12)20-10-6-9(13(14,15)16)3-2-8(10)7-17/h6-7,16H,5,8-15,17H2,1-4H3;4-11H2,1-3H3;2-3,6-7H,4-5H2,1H3. The van der Waals surface area contributed by atoms with Crippen LogP contribution in [0, 0.1) is 5.41 Å². The number of benzene rings is 2. The number of aldehydes is 1. The average molecular weight is 1040 g/mol. The summed E-state index contributed by atoms with van der Waals surface area (Å²) in [6, 6.07) is 6.02. The summed E-state index contributed by atoms with van der Waals surface area (Å²) in [6.07, 6.45) is 3.63. The van der Waals surface area contributed by atoms with Gasteiger partial charge in [0, 0.05) is 69.5 Å². The molecule has 3 heterocycles. The summed E-state index contributed by atoms with van der Waals surface area (Å²) >= 11 is 0. The lowest BCUT2D eigenvalue weighted by molar-refractivity contribution is -0.151. The number of esters is 2. The molecule has 3 saturated heterocycles. The zero-order valence-electron chi connectivity index (χ0n) is 43.3. The predicted octanol–water partition coefficient (Wildman–Crippen LogP) is 11.3. The van der Waals surface area contributed by atoms with Crippen molar-refractivity contribution in [2.75, 3.05) is 46.9 Å². The molecule has 2 aromatic rings. The lowest BCUT2D eigenvalue weighted by atomic mass is 9.77. The van der Waals surface area contributed by atoms with Gasteiger partial charge in [-0.3, -0.25) is 9.69 Å². The van der Waals surface area contributed by atoms with E-state index in [0.29, 0.717) is 68.6 Å². The monoisotopic (exact) mass is 1040 g/mol. The Morgan fingerprint density at radius 3 is 1.42 bits per heavy atom. The van der Waals surface area contributed by atoms with Crippen LogP contribution in [0.1, 0.15) is 158 Å².